The van der Waals surface area contributed by atoms with Crippen LogP contribution in [-0.2, 0) is 0 Å². The topological polar surface area (TPSA) is 68.5 Å². The molecule has 0 saturated heterocycles. The average Bonchev–Trinajstić information content (AvgIpc) is 3.20. The summed E-state index contributed by atoms with van der Waals surface area (Å²) < 4.78 is 1.98. The zero-order valence-electron chi connectivity index (χ0n) is 14.3. The van der Waals surface area contributed by atoms with Gasteiger partial charge in [-0.15, -0.1) is 16.4 Å². The predicted molar refractivity (Wildman–Crippen MR) is 103 cm³/mol. The van der Waals surface area contributed by atoms with Crippen LogP contribution in [0.3, 0.4) is 0 Å². The molecule has 3 heterocycles. The van der Waals surface area contributed by atoms with Crippen molar-refractivity contribution in [3.63, 3.8) is 0 Å². The fraction of sp³-hybridized carbons (Fsp3) is 0.263. The lowest BCUT2D eigenvalue weighted by molar-refractivity contribution is 0.610. The molecule has 1 atom stereocenters. The van der Waals surface area contributed by atoms with Gasteiger partial charge in [-0.2, -0.15) is 0 Å². The molecule has 1 aliphatic rings. The Morgan fingerprint density at radius 3 is 2.81 bits per heavy atom. The molecule has 1 saturated carbocycles. The van der Waals surface area contributed by atoms with Gasteiger partial charge in [0.2, 0.25) is 0 Å². The van der Waals surface area contributed by atoms with Gasteiger partial charge in [0.1, 0.15) is 22.7 Å². The minimum atomic E-state index is 0.143. The quantitative estimate of drug-likeness (QED) is 0.568. The minimum absolute atomic E-state index is 0.143. The highest BCUT2D eigenvalue weighted by Crippen LogP contribution is 2.34. The number of thiophene rings is 1. The Labute approximate surface area is 154 Å². The number of benzene rings is 1. The molecule has 1 unspecified atom stereocenters. The van der Waals surface area contributed by atoms with E-state index in [1.807, 2.05) is 16.3 Å². The average molecular weight is 362 g/mol. The summed E-state index contributed by atoms with van der Waals surface area (Å²) in [6, 6.07) is 11.2. The van der Waals surface area contributed by atoms with Crippen molar-refractivity contribution in [2.24, 2.45) is 0 Å². The number of nitrogens with zero attached hydrogens (tertiary/aromatic N) is 5. The van der Waals surface area contributed by atoms with Gasteiger partial charge in [-0.1, -0.05) is 29.5 Å². The van der Waals surface area contributed by atoms with Gasteiger partial charge < -0.3 is 5.32 Å². The van der Waals surface area contributed by atoms with Crippen LogP contribution in [0.4, 0.5) is 5.82 Å². The summed E-state index contributed by atoms with van der Waals surface area (Å²) in [7, 11) is 0. The fourth-order valence-electron chi connectivity index (χ4n) is 3.06. The molecular formula is C19H18N6S. The van der Waals surface area contributed by atoms with Crippen LogP contribution in [0.2, 0.25) is 0 Å². The van der Waals surface area contributed by atoms with E-state index in [4.69, 9.17) is 0 Å². The molecule has 6 nitrogen and oxygen atoms in total. The van der Waals surface area contributed by atoms with E-state index in [9.17, 15) is 0 Å². The van der Waals surface area contributed by atoms with Crippen molar-refractivity contribution in [1.82, 2.24) is 25.0 Å². The summed E-state index contributed by atoms with van der Waals surface area (Å²) >= 11 is 1.63. The van der Waals surface area contributed by atoms with Crippen LogP contribution in [0, 0.1) is 0 Å². The Morgan fingerprint density at radius 1 is 1.15 bits per heavy atom. The molecule has 7 heteroatoms. The number of nitrogens with one attached hydrogen (secondary N) is 1. The van der Waals surface area contributed by atoms with E-state index >= 15 is 0 Å². The standard InChI is InChI=1S/C19H18N6S/c1-12(22-18-16-8-9-26-19(16)21-11-20-18)13-2-4-14(5-3-13)17-10-25(24-23-17)15-6-7-15/h2-5,8-12,15H,6-7H2,1H3,(H,20,21,22). The molecule has 1 N–H and O–H groups in total. The smallest absolute Gasteiger partial charge is 0.138 e. The molecule has 4 aromatic rings. The molecule has 130 valence electrons. The molecule has 1 aromatic carbocycles. The van der Waals surface area contributed by atoms with Crippen molar-refractivity contribution in [2.75, 3.05) is 5.32 Å². The van der Waals surface area contributed by atoms with Gasteiger partial charge >= 0.3 is 0 Å². The SMILES string of the molecule is CC(Nc1ncnc2sccc12)c1ccc(-c2cn(C3CC3)nn2)cc1. The summed E-state index contributed by atoms with van der Waals surface area (Å²) in [5, 5.41) is 15.1. The van der Waals surface area contributed by atoms with Gasteiger partial charge in [-0.05, 0) is 36.8 Å². The molecule has 1 aliphatic carbocycles. The second kappa shape index (κ2) is 6.17. The molecule has 0 spiro atoms. The Kier molecular flexibility index (Phi) is 3.67. The highest BCUT2D eigenvalue weighted by Gasteiger charge is 2.25. The highest BCUT2D eigenvalue weighted by atomic mass is 32.1. The van der Waals surface area contributed by atoms with Crippen LogP contribution in [0.25, 0.3) is 21.5 Å². The summed E-state index contributed by atoms with van der Waals surface area (Å²) in [5.41, 5.74) is 3.22. The van der Waals surface area contributed by atoms with Crippen LogP contribution in [-0.4, -0.2) is 25.0 Å². The third-order valence-electron chi connectivity index (χ3n) is 4.75. The molecule has 0 bridgehead atoms. The van der Waals surface area contributed by atoms with Gasteiger partial charge in [0.05, 0.1) is 17.6 Å². The zero-order valence-corrected chi connectivity index (χ0v) is 15.1. The van der Waals surface area contributed by atoms with Crippen molar-refractivity contribution in [2.45, 2.75) is 31.8 Å². The van der Waals surface area contributed by atoms with Gasteiger partial charge in [0.25, 0.3) is 0 Å². The van der Waals surface area contributed by atoms with Crippen LogP contribution < -0.4 is 5.32 Å². The van der Waals surface area contributed by atoms with Crippen LogP contribution in [0.1, 0.15) is 37.4 Å². The first-order valence-corrected chi connectivity index (χ1v) is 9.63. The lowest BCUT2D eigenvalue weighted by atomic mass is 10.0. The van der Waals surface area contributed by atoms with Gasteiger partial charge in [0, 0.05) is 11.6 Å². The Hall–Kier alpha value is -2.80. The summed E-state index contributed by atoms with van der Waals surface area (Å²) in [5.74, 6) is 0.875. The van der Waals surface area contributed by atoms with Crippen LogP contribution in [0.15, 0.2) is 48.2 Å². The van der Waals surface area contributed by atoms with Crippen molar-refractivity contribution >= 4 is 27.4 Å². The maximum atomic E-state index is 4.40. The van der Waals surface area contributed by atoms with E-state index in [1.54, 1.807) is 17.7 Å². The molecule has 26 heavy (non-hydrogen) atoms. The van der Waals surface area contributed by atoms with Crippen molar-refractivity contribution in [1.29, 1.82) is 0 Å². The number of aromatic nitrogens is 5. The minimum Gasteiger partial charge on any atom is -0.363 e. The van der Waals surface area contributed by atoms with E-state index in [-0.39, 0.29) is 6.04 Å². The zero-order chi connectivity index (χ0) is 17.5. The summed E-state index contributed by atoms with van der Waals surface area (Å²) in [6.45, 7) is 2.14. The molecule has 5 rings (SSSR count). The molecule has 3 aromatic heterocycles. The van der Waals surface area contributed by atoms with Gasteiger partial charge in [-0.25, -0.2) is 14.6 Å². The highest BCUT2D eigenvalue weighted by molar-refractivity contribution is 7.16. The normalized spacial score (nSPS) is 15.3. The number of rotatable bonds is 5. The van der Waals surface area contributed by atoms with Gasteiger partial charge in [-0.3, -0.25) is 0 Å². The molecule has 0 radical (unpaired) electrons. The Bertz CT molecular complexity index is 1050. The Morgan fingerprint density at radius 2 is 2.00 bits per heavy atom. The number of anilines is 1. The number of hydrogen-bond acceptors (Lipinski definition) is 6. The van der Waals surface area contributed by atoms with E-state index in [1.165, 1.54) is 18.4 Å². The van der Waals surface area contributed by atoms with Crippen LogP contribution in [0.5, 0.6) is 0 Å². The second-order valence-electron chi connectivity index (χ2n) is 6.66. The fourth-order valence-corrected chi connectivity index (χ4v) is 3.80. The van der Waals surface area contributed by atoms with Crippen LogP contribution >= 0.6 is 11.3 Å². The van der Waals surface area contributed by atoms with E-state index in [0.29, 0.717) is 6.04 Å². The third-order valence-corrected chi connectivity index (χ3v) is 5.57. The maximum Gasteiger partial charge on any atom is 0.138 e. The van der Waals surface area contributed by atoms with Crippen molar-refractivity contribution in [3.05, 3.63) is 53.8 Å². The third kappa shape index (κ3) is 2.84. The lowest BCUT2D eigenvalue weighted by Gasteiger charge is -2.15. The van der Waals surface area contributed by atoms with E-state index in [2.05, 4.69) is 62.9 Å². The first kappa shape index (κ1) is 15.5. The number of fused-ring (bicyclic) bond motifs is 1. The predicted octanol–water partition coefficient (Wildman–Crippen LogP) is 4.46. The van der Waals surface area contributed by atoms with Crippen molar-refractivity contribution < 1.29 is 0 Å². The van der Waals surface area contributed by atoms with E-state index in [0.717, 1.165) is 27.3 Å². The first-order chi connectivity index (χ1) is 12.8. The van der Waals surface area contributed by atoms with E-state index < -0.39 is 0 Å². The second-order valence-corrected chi connectivity index (χ2v) is 7.56. The number of hydrogen-bond donors (Lipinski definition) is 1. The summed E-state index contributed by atoms with van der Waals surface area (Å²) in [4.78, 5) is 9.70. The monoisotopic (exact) mass is 362 g/mol. The Balaban J connectivity index is 1.35. The largest absolute Gasteiger partial charge is 0.363 e. The molecule has 0 amide bonds. The van der Waals surface area contributed by atoms with Crippen molar-refractivity contribution in [3.8, 4) is 11.3 Å². The summed E-state index contributed by atoms with van der Waals surface area (Å²) in [6.07, 6.45) is 6.08. The first-order valence-electron chi connectivity index (χ1n) is 8.75. The molecule has 1 fully saturated rings. The lowest BCUT2D eigenvalue weighted by Crippen LogP contribution is -2.08. The molecule has 0 aliphatic heterocycles. The maximum absolute atomic E-state index is 4.40. The van der Waals surface area contributed by atoms with Gasteiger partial charge in [0.15, 0.2) is 0 Å². The molecular weight excluding hydrogens is 344 g/mol.